The lowest BCUT2D eigenvalue weighted by Crippen LogP contribution is -2.27. The summed E-state index contributed by atoms with van der Waals surface area (Å²) in [5.74, 6) is -0.0528. The average Bonchev–Trinajstić information content (AvgIpc) is 2.94. The van der Waals surface area contributed by atoms with Gasteiger partial charge in [0.2, 0.25) is 0 Å². The molecule has 0 aromatic heterocycles. The molecule has 0 radical (unpaired) electrons. The summed E-state index contributed by atoms with van der Waals surface area (Å²) in [6, 6.07) is 16.3. The molecule has 1 fully saturated rings. The summed E-state index contributed by atoms with van der Waals surface area (Å²) in [7, 11) is 4.02. The molecule has 0 spiro atoms. The van der Waals surface area contributed by atoms with E-state index >= 15 is 0 Å². The van der Waals surface area contributed by atoms with Crippen molar-refractivity contribution in [1.82, 2.24) is 0 Å². The standard InChI is InChI=1S/C22H24N2OS2/c1-4-5-6-16-7-13-19(14-8-16)24-21(25)20(27-22(24)26)15-17-9-11-18(12-10-17)23(2)3/h7-15H,4-6H2,1-3H3/b20-15-. The summed E-state index contributed by atoms with van der Waals surface area (Å²) in [6.07, 6.45) is 5.33. The molecule has 1 amide bonds. The predicted octanol–water partition coefficient (Wildman–Crippen LogP) is 5.50. The van der Waals surface area contributed by atoms with Gasteiger partial charge in [-0.25, -0.2) is 0 Å². The minimum atomic E-state index is -0.0528. The van der Waals surface area contributed by atoms with Crippen molar-refractivity contribution in [1.29, 1.82) is 0 Å². The van der Waals surface area contributed by atoms with Crippen molar-refractivity contribution in [2.75, 3.05) is 23.9 Å². The second kappa shape index (κ2) is 8.72. The molecule has 2 aromatic carbocycles. The molecule has 5 heteroatoms. The number of amides is 1. The third kappa shape index (κ3) is 4.60. The van der Waals surface area contributed by atoms with Crippen LogP contribution in [0.4, 0.5) is 11.4 Å². The smallest absolute Gasteiger partial charge is 0.270 e. The number of hydrogen-bond donors (Lipinski definition) is 0. The van der Waals surface area contributed by atoms with Gasteiger partial charge in [0.1, 0.15) is 0 Å². The van der Waals surface area contributed by atoms with Gasteiger partial charge in [-0.15, -0.1) is 0 Å². The van der Waals surface area contributed by atoms with Gasteiger partial charge in [0.05, 0.1) is 10.6 Å². The molecule has 0 saturated carbocycles. The van der Waals surface area contributed by atoms with Crippen molar-refractivity contribution in [2.45, 2.75) is 26.2 Å². The van der Waals surface area contributed by atoms with E-state index in [1.54, 1.807) is 4.90 Å². The van der Waals surface area contributed by atoms with Gasteiger partial charge in [0.15, 0.2) is 4.32 Å². The number of thiocarbonyl (C=S) groups is 1. The first-order chi connectivity index (χ1) is 13.0. The van der Waals surface area contributed by atoms with Crippen molar-refractivity contribution in [3.05, 3.63) is 64.6 Å². The van der Waals surface area contributed by atoms with Gasteiger partial charge in [-0.2, -0.15) is 0 Å². The van der Waals surface area contributed by atoms with E-state index in [1.807, 2.05) is 61.5 Å². The Kier molecular flexibility index (Phi) is 6.34. The third-order valence-corrected chi connectivity index (χ3v) is 5.82. The molecular formula is C22H24N2OS2. The molecule has 140 valence electrons. The SMILES string of the molecule is CCCCc1ccc(N2C(=O)/C(=C/c3ccc(N(C)C)cc3)SC2=S)cc1. The Morgan fingerprint density at radius 2 is 1.74 bits per heavy atom. The first-order valence-corrected chi connectivity index (χ1v) is 10.4. The van der Waals surface area contributed by atoms with Crippen LogP contribution in [-0.2, 0) is 11.2 Å². The van der Waals surface area contributed by atoms with Crippen molar-refractivity contribution >= 4 is 51.7 Å². The van der Waals surface area contributed by atoms with Gasteiger partial charge in [-0.3, -0.25) is 9.69 Å². The van der Waals surface area contributed by atoms with Gasteiger partial charge >= 0.3 is 0 Å². The molecule has 27 heavy (non-hydrogen) atoms. The van der Waals surface area contributed by atoms with Crippen LogP contribution < -0.4 is 9.80 Å². The Hall–Kier alpha value is -2.11. The van der Waals surface area contributed by atoms with Crippen LogP contribution in [0.5, 0.6) is 0 Å². The Morgan fingerprint density at radius 1 is 1.07 bits per heavy atom. The maximum absolute atomic E-state index is 12.9. The lowest BCUT2D eigenvalue weighted by Gasteiger charge is -2.15. The van der Waals surface area contributed by atoms with Crippen molar-refractivity contribution in [3.63, 3.8) is 0 Å². The van der Waals surface area contributed by atoms with Crippen LogP contribution >= 0.6 is 24.0 Å². The summed E-state index contributed by atoms with van der Waals surface area (Å²) in [4.78, 5) is 17.2. The van der Waals surface area contributed by atoms with Crippen LogP contribution in [0.25, 0.3) is 6.08 Å². The zero-order valence-corrected chi connectivity index (χ0v) is 17.6. The number of thioether (sulfide) groups is 1. The zero-order chi connectivity index (χ0) is 19.4. The van der Waals surface area contributed by atoms with Gasteiger partial charge in [-0.1, -0.05) is 61.6 Å². The van der Waals surface area contributed by atoms with Gasteiger partial charge < -0.3 is 4.90 Å². The van der Waals surface area contributed by atoms with E-state index in [4.69, 9.17) is 12.2 Å². The molecule has 1 aliphatic heterocycles. The van der Waals surface area contributed by atoms with Crippen LogP contribution in [0.2, 0.25) is 0 Å². The quantitative estimate of drug-likeness (QED) is 0.475. The average molecular weight is 397 g/mol. The fourth-order valence-corrected chi connectivity index (χ4v) is 4.20. The number of hydrogen-bond acceptors (Lipinski definition) is 4. The number of unbranched alkanes of at least 4 members (excludes halogenated alkanes) is 1. The Morgan fingerprint density at radius 3 is 2.33 bits per heavy atom. The highest BCUT2D eigenvalue weighted by molar-refractivity contribution is 8.27. The van der Waals surface area contributed by atoms with Crippen molar-refractivity contribution in [3.8, 4) is 0 Å². The van der Waals surface area contributed by atoms with E-state index < -0.39 is 0 Å². The van der Waals surface area contributed by atoms with Crippen LogP contribution in [0.1, 0.15) is 30.9 Å². The maximum Gasteiger partial charge on any atom is 0.270 e. The largest absolute Gasteiger partial charge is 0.378 e. The Labute approximate surface area is 171 Å². The summed E-state index contributed by atoms with van der Waals surface area (Å²) < 4.78 is 0.581. The summed E-state index contributed by atoms with van der Waals surface area (Å²) in [5.41, 5.74) is 4.26. The second-order valence-electron chi connectivity index (χ2n) is 6.77. The highest BCUT2D eigenvalue weighted by Gasteiger charge is 2.33. The number of benzene rings is 2. The van der Waals surface area contributed by atoms with Crippen LogP contribution in [0.15, 0.2) is 53.4 Å². The molecule has 1 aliphatic rings. The van der Waals surface area contributed by atoms with Gasteiger partial charge in [0, 0.05) is 19.8 Å². The topological polar surface area (TPSA) is 23.6 Å². The van der Waals surface area contributed by atoms with Crippen LogP contribution in [0, 0.1) is 0 Å². The normalized spacial score (nSPS) is 15.7. The van der Waals surface area contributed by atoms with Gasteiger partial charge in [0.25, 0.3) is 5.91 Å². The molecule has 3 nitrogen and oxygen atoms in total. The van der Waals surface area contributed by atoms with Crippen LogP contribution in [0.3, 0.4) is 0 Å². The zero-order valence-electron chi connectivity index (χ0n) is 15.9. The predicted molar refractivity (Wildman–Crippen MR) is 121 cm³/mol. The molecule has 3 rings (SSSR count). The van der Waals surface area contributed by atoms with Crippen LogP contribution in [-0.4, -0.2) is 24.3 Å². The van der Waals surface area contributed by atoms with Crippen molar-refractivity contribution in [2.24, 2.45) is 0 Å². The lowest BCUT2D eigenvalue weighted by molar-refractivity contribution is -0.113. The monoisotopic (exact) mass is 396 g/mol. The molecule has 0 N–H and O–H groups in total. The summed E-state index contributed by atoms with van der Waals surface area (Å²) in [5, 5.41) is 0. The highest BCUT2D eigenvalue weighted by atomic mass is 32.2. The maximum atomic E-state index is 12.9. The summed E-state index contributed by atoms with van der Waals surface area (Å²) >= 11 is 6.83. The molecular weight excluding hydrogens is 372 g/mol. The van der Waals surface area contributed by atoms with E-state index in [9.17, 15) is 4.79 Å². The fourth-order valence-electron chi connectivity index (χ4n) is 2.90. The third-order valence-electron chi connectivity index (χ3n) is 4.51. The van der Waals surface area contributed by atoms with E-state index in [0.717, 1.165) is 23.4 Å². The Bertz CT molecular complexity index is 855. The number of nitrogens with zero attached hydrogens (tertiary/aromatic N) is 2. The number of aryl methyl sites for hydroxylation is 1. The Balaban J connectivity index is 1.78. The molecule has 1 heterocycles. The highest BCUT2D eigenvalue weighted by Crippen LogP contribution is 2.36. The lowest BCUT2D eigenvalue weighted by atomic mass is 10.1. The molecule has 0 bridgehead atoms. The number of carbonyl (C=O) groups is 1. The first-order valence-electron chi connectivity index (χ1n) is 9.14. The van der Waals surface area contributed by atoms with E-state index in [1.165, 1.54) is 30.2 Å². The van der Waals surface area contributed by atoms with E-state index in [2.05, 4.69) is 19.1 Å². The van der Waals surface area contributed by atoms with Crippen molar-refractivity contribution < 1.29 is 4.79 Å². The van der Waals surface area contributed by atoms with E-state index in [-0.39, 0.29) is 5.91 Å². The minimum absolute atomic E-state index is 0.0528. The molecule has 1 saturated heterocycles. The second-order valence-corrected chi connectivity index (χ2v) is 8.45. The molecule has 2 aromatic rings. The molecule has 0 aliphatic carbocycles. The van der Waals surface area contributed by atoms with E-state index in [0.29, 0.717) is 9.23 Å². The van der Waals surface area contributed by atoms with Gasteiger partial charge in [-0.05, 0) is 54.3 Å². The molecule has 0 atom stereocenters. The fraction of sp³-hybridized carbons (Fsp3) is 0.273. The summed E-state index contributed by atoms with van der Waals surface area (Å²) in [6.45, 7) is 2.19. The number of carbonyl (C=O) groups excluding carboxylic acids is 1. The number of rotatable bonds is 6. The minimum Gasteiger partial charge on any atom is -0.378 e. The number of anilines is 2. The first kappa shape index (κ1) is 19.6. The molecule has 0 unspecified atom stereocenters.